The van der Waals surface area contributed by atoms with Crippen LogP contribution >= 0.6 is 11.3 Å². The molecule has 2 aromatic rings. The molecular weight excluding hydrogens is 278 g/mol. The Morgan fingerprint density at radius 3 is 2.48 bits per heavy atom. The molecule has 1 aromatic heterocycles. The van der Waals surface area contributed by atoms with Gasteiger partial charge in [0.2, 0.25) is 0 Å². The molecule has 0 unspecified atom stereocenters. The van der Waals surface area contributed by atoms with Crippen LogP contribution in [0.1, 0.15) is 44.0 Å². The molecule has 21 heavy (non-hydrogen) atoms. The van der Waals surface area contributed by atoms with Gasteiger partial charge in [0.25, 0.3) is 0 Å². The highest BCUT2D eigenvalue weighted by atomic mass is 32.1. The van der Waals surface area contributed by atoms with Crippen molar-refractivity contribution in [1.82, 2.24) is 9.88 Å². The maximum absolute atomic E-state index is 6.04. The van der Waals surface area contributed by atoms with E-state index in [9.17, 15) is 0 Å². The van der Waals surface area contributed by atoms with Crippen LogP contribution in [-0.2, 0) is 18.5 Å². The van der Waals surface area contributed by atoms with Crippen molar-refractivity contribution in [2.24, 2.45) is 0 Å². The van der Waals surface area contributed by atoms with Crippen LogP contribution in [0.15, 0.2) is 29.6 Å². The number of nitrogens with zero attached hydrogens (tertiary/aromatic N) is 2. The van der Waals surface area contributed by atoms with Gasteiger partial charge in [0.15, 0.2) is 0 Å². The Bertz CT molecular complexity index is 584. The highest BCUT2D eigenvalue weighted by molar-refractivity contribution is 7.09. The third-order valence-corrected chi connectivity index (χ3v) is 4.41. The van der Waals surface area contributed by atoms with Crippen LogP contribution in [0, 0.1) is 0 Å². The van der Waals surface area contributed by atoms with Crippen LogP contribution in [-0.4, -0.2) is 16.4 Å². The van der Waals surface area contributed by atoms with Gasteiger partial charge in [-0.1, -0.05) is 45.9 Å². The molecular formula is C17H25N3S. The lowest BCUT2D eigenvalue weighted by Crippen LogP contribution is -2.23. The van der Waals surface area contributed by atoms with Gasteiger partial charge in [-0.15, -0.1) is 11.3 Å². The average molecular weight is 303 g/mol. The Hall–Kier alpha value is -1.39. The van der Waals surface area contributed by atoms with Gasteiger partial charge in [-0.2, -0.15) is 0 Å². The number of anilines is 1. The van der Waals surface area contributed by atoms with E-state index in [4.69, 9.17) is 10.7 Å². The van der Waals surface area contributed by atoms with Crippen molar-refractivity contribution in [3.05, 3.63) is 45.9 Å². The van der Waals surface area contributed by atoms with Crippen LogP contribution < -0.4 is 5.73 Å². The Morgan fingerprint density at radius 1 is 1.19 bits per heavy atom. The second-order valence-electron chi connectivity index (χ2n) is 6.38. The summed E-state index contributed by atoms with van der Waals surface area (Å²) in [6, 6.07) is 8.08. The first-order valence-corrected chi connectivity index (χ1v) is 8.28. The topological polar surface area (TPSA) is 42.2 Å². The third-order valence-electron chi connectivity index (χ3n) is 3.58. The molecule has 3 nitrogen and oxygen atoms in total. The summed E-state index contributed by atoms with van der Waals surface area (Å²) in [5, 5.41) is 3.36. The Labute approximate surface area is 131 Å². The minimum atomic E-state index is 0.121. The largest absolute Gasteiger partial charge is 0.398 e. The first-order chi connectivity index (χ1) is 9.90. The highest BCUT2D eigenvalue weighted by Gasteiger charge is 2.18. The fourth-order valence-corrected chi connectivity index (χ4v) is 3.18. The van der Waals surface area contributed by atoms with E-state index in [0.29, 0.717) is 0 Å². The quantitative estimate of drug-likeness (QED) is 0.847. The lowest BCUT2D eigenvalue weighted by Gasteiger charge is -2.20. The van der Waals surface area contributed by atoms with E-state index in [1.165, 1.54) is 16.3 Å². The number of benzene rings is 1. The van der Waals surface area contributed by atoms with Crippen molar-refractivity contribution in [3.8, 4) is 0 Å². The molecule has 0 aliphatic heterocycles. The second kappa shape index (κ2) is 6.58. The van der Waals surface area contributed by atoms with Gasteiger partial charge in [-0.05, 0) is 18.2 Å². The molecule has 0 saturated carbocycles. The van der Waals surface area contributed by atoms with Crippen LogP contribution in [0.4, 0.5) is 5.69 Å². The predicted octanol–water partition coefficient (Wildman–Crippen LogP) is 4.04. The van der Waals surface area contributed by atoms with E-state index in [2.05, 4.69) is 44.0 Å². The van der Waals surface area contributed by atoms with Crippen LogP contribution in [0.5, 0.6) is 0 Å². The minimum Gasteiger partial charge on any atom is -0.398 e. The Balaban J connectivity index is 2.06. The number of nitrogen functional groups attached to an aromatic ring is 1. The fraction of sp³-hybridized carbons (Fsp3) is 0.471. The summed E-state index contributed by atoms with van der Waals surface area (Å²) in [4.78, 5) is 7.15. The number of para-hydroxylation sites is 1. The summed E-state index contributed by atoms with van der Waals surface area (Å²) in [5.41, 5.74) is 9.39. The number of thiazole rings is 1. The first-order valence-electron chi connectivity index (χ1n) is 7.40. The van der Waals surface area contributed by atoms with Crippen molar-refractivity contribution < 1.29 is 0 Å². The van der Waals surface area contributed by atoms with E-state index in [-0.39, 0.29) is 5.41 Å². The second-order valence-corrected chi connectivity index (χ2v) is 7.32. The SMILES string of the molecule is CCN(Cc1nc(C(C)(C)C)cs1)Cc1ccccc1N. The number of hydrogen-bond donors (Lipinski definition) is 1. The van der Waals surface area contributed by atoms with Crippen molar-refractivity contribution in [2.45, 2.75) is 46.2 Å². The van der Waals surface area contributed by atoms with E-state index in [1.807, 2.05) is 18.2 Å². The van der Waals surface area contributed by atoms with Gasteiger partial charge in [0, 0.05) is 23.0 Å². The molecule has 1 aromatic carbocycles. The molecule has 1 heterocycles. The molecule has 2 rings (SSSR count). The summed E-state index contributed by atoms with van der Waals surface area (Å²) in [5.74, 6) is 0. The third kappa shape index (κ3) is 4.29. The van der Waals surface area contributed by atoms with Gasteiger partial charge in [-0.3, -0.25) is 4.90 Å². The summed E-state index contributed by atoms with van der Waals surface area (Å²) in [6.45, 7) is 11.5. The Morgan fingerprint density at radius 2 is 1.90 bits per heavy atom. The lowest BCUT2D eigenvalue weighted by molar-refractivity contribution is 0.271. The average Bonchev–Trinajstić information content (AvgIpc) is 2.89. The van der Waals surface area contributed by atoms with Gasteiger partial charge in [0.1, 0.15) is 5.01 Å². The molecule has 0 fully saturated rings. The normalized spacial score (nSPS) is 12.0. The van der Waals surface area contributed by atoms with Crippen LogP contribution in [0.25, 0.3) is 0 Å². The predicted molar refractivity (Wildman–Crippen MR) is 91.5 cm³/mol. The molecule has 0 radical (unpaired) electrons. The molecule has 0 aliphatic rings. The van der Waals surface area contributed by atoms with E-state index in [0.717, 1.165) is 25.3 Å². The summed E-state index contributed by atoms with van der Waals surface area (Å²) in [6.07, 6.45) is 0. The molecule has 0 atom stereocenters. The summed E-state index contributed by atoms with van der Waals surface area (Å²) < 4.78 is 0. The summed E-state index contributed by atoms with van der Waals surface area (Å²) >= 11 is 1.75. The van der Waals surface area contributed by atoms with Gasteiger partial charge in [-0.25, -0.2) is 4.98 Å². The zero-order valence-electron chi connectivity index (χ0n) is 13.4. The maximum Gasteiger partial charge on any atom is 0.107 e. The maximum atomic E-state index is 6.04. The highest BCUT2D eigenvalue weighted by Crippen LogP contribution is 2.25. The van der Waals surface area contributed by atoms with Crippen molar-refractivity contribution in [3.63, 3.8) is 0 Å². The molecule has 0 saturated heterocycles. The van der Waals surface area contributed by atoms with Crippen LogP contribution in [0.2, 0.25) is 0 Å². The lowest BCUT2D eigenvalue weighted by atomic mass is 9.93. The van der Waals surface area contributed by atoms with Gasteiger partial charge < -0.3 is 5.73 Å². The fourth-order valence-electron chi connectivity index (χ4n) is 2.12. The van der Waals surface area contributed by atoms with Gasteiger partial charge in [0.05, 0.1) is 12.2 Å². The number of rotatable bonds is 5. The van der Waals surface area contributed by atoms with E-state index < -0.39 is 0 Å². The standard InChI is InChI=1S/C17H25N3S/c1-5-20(10-13-8-6-7-9-14(13)18)11-16-19-15(12-21-16)17(2,3)4/h6-9,12H,5,10-11,18H2,1-4H3. The molecule has 4 heteroatoms. The smallest absolute Gasteiger partial charge is 0.107 e. The molecule has 2 N–H and O–H groups in total. The molecule has 0 aliphatic carbocycles. The molecule has 114 valence electrons. The van der Waals surface area contributed by atoms with E-state index in [1.54, 1.807) is 11.3 Å². The zero-order valence-corrected chi connectivity index (χ0v) is 14.2. The van der Waals surface area contributed by atoms with Gasteiger partial charge >= 0.3 is 0 Å². The molecule has 0 spiro atoms. The molecule has 0 bridgehead atoms. The Kier molecular flexibility index (Phi) is 5.01. The first kappa shape index (κ1) is 16.0. The number of aromatic nitrogens is 1. The summed E-state index contributed by atoms with van der Waals surface area (Å²) in [7, 11) is 0. The number of nitrogens with two attached hydrogens (primary N) is 1. The minimum absolute atomic E-state index is 0.121. The monoisotopic (exact) mass is 303 g/mol. The van der Waals surface area contributed by atoms with Crippen molar-refractivity contribution >= 4 is 17.0 Å². The number of hydrogen-bond acceptors (Lipinski definition) is 4. The van der Waals surface area contributed by atoms with E-state index >= 15 is 0 Å². The van der Waals surface area contributed by atoms with Crippen LogP contribution in [0.3, 0.4) is 0 Å². The van der Waals surface area contributed by atoms with Crippen molar-refractivity contribution in [1.29, 1.82) is 0 Å². The zero-order chi connectivity index (χ0) is 15.5. The molecule has 0 amide bonds. The van der Waals surface area contributed by atoms with Crippen molar-refractivity contribution in [2.75, 3.05) is 12.3 Å².